The van der Waals surface area contributed by atoms with Crippen LogP contribution in [-0.4, -0.2) is 46.5 Å². The average Bonchev–Trinajstić information content (AvgIpc) is 3.45. The number of amides is 3. The number of rotatable bonds is 8. The van der Waals surface area contributed by atoms with Crippen LogP contribution in [0.25, 0.3) is 0 Å². The molecule has 2 aromatic rings. The molecular formula is C28H34FN3O5. The highest BCUT2D eigenvalue weighted by Gasteiger charge is 2.52. The molecule has 37 heavy (non-hydrogen) atoms. The maximum Gasteiger partial charge on any atom is 0.411 e. The minimum Gasteiger partial charge on any atom is -0.489 e. The third kappa shape index (κ3) is 6.39. The number of likely N-dealkylation sites (tertiary alicyclic amines) is 1. The van der Waals surface area contributed by atoms with Crippen molar-refractivity contribution < 1.29 is 28.2 Å². The van der Waals surface area contributed by atoms with E-state index < -0.39 is 41.4 Å². The number of nitrogens with two attached hydrogens (primary N) is 1. The Kier molecular flexibility index (Phi) is 7.71. The normalized spacial score (nSPS) is 21.4. The fourth-order valence-electron chi connectivity index (χ4n) is 5.13. The number of primary amides is 1. The van der Waals surface area contributed by atoms with Gasteiger partial charge in [0.1, 0.15) is 35.9 Å². The van der Waals surface area contributed by atoms with Gasteiger partial charge >= 0.3 is 6.09 Å². The van der Waals surface area contributed by atoms with Gasteiger partial charge in [0.25, 0.3) is 0 Å². The Balaban J connectivity index is 1.42. The molecule has 8 nitrogen and oxygen atoms in total. The molecule has 0 unspecified atom stereocenters. The summed E-state index contributed by atoms with van der Waals surface area (Å²) >= 11 is 0. The number of piperidine rings is 1. The fourth-order valence-corrected chi connectivity index (χ4v) is 5.13. The highest BCUT2D eigenvalue weighted by Crippen LogP contribution is 2.43. The monoisotopic (exact) mass is 511 g/mol. The summed E-state index contributed by atoms with van der Waals surface area (Å²) in [6.45, 7) is 5.59. The van der Waals surface area contributed by atoms with Crippen molar-refractivity contribution in [2.75, 3.05) is 0 Å². The molecule has 1 heterocycles. The molecule has 0 radical (unpaired) electrons. The van der Waals surface area contributed by atoms with E-state index in [-0.39, 0.29) is 30.6 Å². The van der Waals surface area contributed by atoms with Gasteiger partial charge in [0, 0.05) is 18.5 Å². The fraction of sp³-hybridized carbons (Fsp3) is 0.464. The number of hydrogen-bond donors (Lipinski definition) is 2. The van der Waals surface area contributed by atoms with Crippen molar-refractivity contribution in [2.45, 2.75) is 76.8 Å². The van der Waals surface area contributed by atoms with Crippen LogP contribution in [0.3, 0.4) is 0 Å². The van der Waals surface area contributed by atoms with E-state index in [9.17, 15) is 18.8 Å². The van der Waals surface area contributed by atoms with Crippen LogP contribution in [0.4, 0.5) is 9.18 Å². The van der Waals surface area contributed by atoms with Gasteiger partial charge in [0.2, 0.25) is 11.8 Å². The molecule has 1 saturated carbocycles. The number of benzene rings is 2. The average molecular weight is 512 g/mol. The van der Waals surface area contributed by atoms with Gasteiger partial charge in [-0.15, -0.1) is 0 Å². The van der Waals surface area contributed by atoms with Crippen LogP contribution >= 0.6 is 0 Å². The number of ether oxygens (including phenoxy) is 2. The molecule has 4 atom stereocenters. The Morgan fingerprint density at radius 3 is 2.51 bits per heavy atom. The van der Waals surface area contributed by atoms with Gasteiger partial charge in [0.05, 0.1) is 0 Å². The molecule has 0 aromatic heterocycles. The lowest BCUT2D eigenvalue weighted by molar-refractivity contribution is -0.132. The summed E-state index contributed by atoms with van der Waals surface area (Å²) in [7, 11) is 0. The number of nitrogens with one attached hydrogen (secondary N) is 1. The van der Waals surface area contributed by atoms with Gasteiger partial charge < -0.3 is 20.5 Å². The summed E-state index contributed by atoms with van der Waals surface area (Å²) < 4.78 is 26.1. The number of carbonyl (C=O) groups is 3. The maximum absolute atomic E-state index is 14.9. The third-order valence-corrected chi connectivity index (χ3v) is 6.81. The lowest BCUT2D eigenvalue weighted by Crippen LogP contribution is -2.57. The number of carbonyl (C=O) groups excluding carboxylic acids is 3. The van der Waals surface area contributed by atoms with Gasteiger partial charge in [-0.25, -0.2) is 9.18 Å². The molecule has 0 spiro atoms. The quantitative estimate of drug-likeness (QED) is 0.561. The van der Waals surface area contributed by atoms with E-state index in [4.69, 9.17) is 15.2 Å². The Morgan fingerprint density at radius 1 is 1.14 bits per heavy atom. The van der Waals surface area contributed by atoms with Gasteiger partial charge in [-0.2, -0.15) is 0 Å². The van der Waals surface area contributed by atoms with Crippen molar-refractivity contribution in [3.05, 3.63) is 65.5 Å². The largest absolute Gasteiger partial charge is 0.489 e. The molecule has 2 aromatic carbocycles. The summed E-state index contributed by atoms with van der Waals surface area (Å²) in [6.07, 6.45) is 1.64. The summed E-state index contributed by atoms with van der Waals surface area (Å²) in [5, 5.41) is 2.67. The van der Waals surface area contributed by atoms with E-state index in [1.807, 2.05) is 30.3 Å². The Hall–Kier alpha value is -3.62. The second-order valence-corrected chi connectivity index (χ2v) is 10.8. The van der Waals surface area contributed by atoms with Crippen LogP contribution in [0, 0.1) is 11.7 Å². The SMILES string of the molecule is CC(C)(C)OC(=O)N1[C@@H]2CC[C@@H](C2)[C@H]1C(=O)N[C@@H](Cc1ccc(OCc2ccccc2)cc1F)C(N)=O. The summed E-state index contributed by atoms with van der Waals surface area (Å²) in [6, 6.07) is 11.9. The number of fused-ring (bicyclic) bond motifs is 2. The van der Waals surface area contributed by atoms with Crippen molar-refractivity contribution in [1.29, 1.82) is 0 Å². The summed E-state index contributed by atoms with van der Waals surface area (Å²) in [4.78, 5) is 39.9. The molecule has 2 bridgehead atoms. The first kappa shape index (κ1) is 26.4. The Labute approximate surface area is 216 Å². The van der Waals surface area contributed by atoms with Gasteiger partial charge in [-0.1, -0.05) is 36.4 Å². The molecule has 9 heteroatoms. The molecule has 3 amide bonds. The van der Waals surface area contributed by atoms with Crippen molar-refractivity contribution in [3.63, 3.8) is 0 Å². The van der Waals surface area contributed by atoms with Crippen LogP contribution < -0.4 is 15.8 Å². The van der Waals surface area contributed by atoms with Crippen molar-refractivity contribution in [3.8, 4) is 5.75 Å². The number of nitrogens with zero attached hydrogens (tertiary/aromatic N) is 1. The molecule has 1 saturated heterocycles. The lowest BCUT2D eigenvalue weighted by atomic mass is 9.97. The van der Waals surface area contributed by atoms with E-state index in [0.717, 1.165) is 18.4 Å². The summed E-state index contributed by atoms with van der Waals surface area (Å²) in [5.74, 6) is -1.51. The van der Waals surface area contributed by atoms with Crippen LogP contribution in [0.5, 0.6) is 5.75 Å². The number of halogens is 1. The van der Waals surface area contributed by atoms with Crippen LogP contribution in [-0.2, 0) is 27.4 Å². The lowest BCUT2D eigenvalue weighted by Gasteiger charge is -2.36. The predicted octanol–water partition coefficient (Wildman–Crippen LogP) is 3.71. The zero-order valence-corrected chi connectivity index (χ0v) is 21.4. The Bertz CT molecular complexity index is 1150. The van der Waals surface area contributed by atoms with Gasteiger partial charge in [0.15, 0.2) is 0 Å². The zero-order chi connectivity index (χ0) is 26.7. The van der Waals surface area contributed by atoms with Crippen molar-refractivity contribution >= 4 is 17.9 Å². The summed E-state index contributed by atoms with van der Waals surface area (Å²) in [5.41, 5.74) is 6.03. The molecule has 3 N–H and O–H groups in total. The standard InChI is InChI=1S/C28H34FN3O5/c1-28(2,3)37-27(35)32-20-11-9-19(13-20)24(32)26(34)31-23(25(30)33)14-18-10-12-21(15-22(18)29)36-16-17-7-5-4-6-8-17/h4-8,10,12,15,19-20,23-24H,9,11,13-14,16H2,1-3H3,(H2,30,33)(H,31,34)/t19-,20+,23-,24-/m0/s1. The highest BCUT2D eigenvalue weighted by atomic mass is 19.1. The third-order valence-electron chi connectivity index (χ3n) is 6.81. The van der Waals surface area contributed by atoms with E-state index in [1.165, 1.54) is 17.0 Å². The molecule has 2 aliphatic rings. The highest BCUT2D eigenvalue weighted by molar-refractivity contribution is 5.91. The molecule has 198 valence electrons. The second-order valence-electron chi connectivity index (χ2n) is 10.8. The first-order valence-corrected chi connectivity index (χ1v) is 12.6. The minimum atomic E-state index is -1.14. The zero-order valence-electron chi connectivity index (χ0n) is 21.4. The minimum absolute atomic E-state index is 0.0242. The van der Waals surface area contributed by atoms with E-state index in [2.05, 4.69) is 5.32 Å². The maximum atomic E-state index is 14.9. The van der Waals surface area contributed by atoms with Gasteiger partial charge in [-0.3, -0.25) is 14.5 Å². The van der Waals surface area contributed by atoms with Crippen molar-refractivity contribution in [2.24, 2.45) is 11.7 Å². The molecule has 4 rings (SSSR count). The molecule has 2 fully saturated rings. The van der Waals surface area contributed by atoms with E-state index >= 15 is 0 Å². The van der Waals surface area contributed by atoms with Gasteiger partial charge in [-0.05, 0) is 63.1 Å². The smallest absolute Gasteiger partial charge is 0.411 e. The predicted molar refractivity (Wildman–Crippen MR) is 135 cm³/mol. The van der Waals surface area contributed by atoms with Crippen LogP contribution in [0.15, 0.2) is 48.5 Å². The van der Waals surface area contributed by atoms with Crippen LogP contribution in [0.1, 0.15) is 51.2 Å². The number of hydrogen-bond acceptors (Lipinski definition) is 5. The molecule has 1 aliphatic carbocycles. The topological polar surface area (TPSA) is 111 Å². The van der Waals surface area contributed by atoms with Crippen LogP contribution in [0.2, 0.25) is 0 Å². The molecular weight excluding hydrogens is 477 g/mol. The van der Waals surface area contributed by atoms with Crippen molar-refractivity contribution in [1.82, 2.24) is 10.2 Å². The first-order chi connectivity index (χ1) is 17.5. The Morgan fingerprint density at radius 2 is 1.86 bits per heavy atom. The van der Waals surface area contributed by atoms with E-state index in [1.54, 1.807) is 26.8 Å². The second kappa shape index (κ2) is 10.8. The van der Waals surface area contributed by atoms with E-state index in [0.29, 0.717) is 12.2 Å². The molecule has 1 aliphatic heterocycles. The first-order valence-electron chi connectivity index (χ1n) is 12.6.